The number of para-hydroxylation sites is 2. The zero-order valence-electron chi connectivity index (χ0n) is 16.3. The number of carbonyl (C=O) groups is 1. The minimum atomic E-state index is -0.397. The van der Waals surface area contributed by atoms with E-state index < -0.39 is 5.91 Å². The standard InChI is InChI=1S/C22H21N5O2/c1-15-25-19(22(28)27-18-9-5-3-8-17(18)14-23)13-21(26-15)24-12-11-16-7-4-6-10-20(16)29-2/h3-10,13H,11-12H2,1-2H3,(H,27,28)(H,24,25,26). The molecule has 29 heavy (non-hydrogen) atoms. The summed E-state index contributed by atoms with van der Waals surface area (Å²) in [5, 5.41) is 15.1. The number of methoxy groups -OCH3 is 1. The van der Waals surface area contributed by atoms with Gasteiger partial charge >= 0.3 is 0 Å². The summed E-state index contributed by atoms with van der Waals surface area (Å²) in [7, 11) is 1.65. The fourth-order valence-electron chi connectivity index (χ4n) is 2.89. The Morgan fingerprint density at radius 2 is 1.90 bits per heavy atom. The Balaban J connectivity index is 1.69. The third kappa shape index (κ3) is 5.08. The Morgan fingerprint density at radius 1 is 1.14 bits per heavy atom. The van der Waals surface area contributed by atoms with Crippen LogP contribution in [0, 0.1) is 18.3 Å². The van der Waals surface area contributed by atoms with Crippen LogP contribution in [0.15, 0.2) is 54.6 Å². The van der Waals surface area contributed by atoms with Crippen molar-refractivity contribution in [3.05, 3.63) is 77.2 Å². The van der Waals surface area contributed by atoms with Crippen molar-refractivity contribution >= 4 is 17.4 Å². The maximum atomic E-state index is 12.6. The highest BCUT2D eigenvalue weighted by Crippen LogP contribution is 2.18. The highest BCUT2D eigenvalue weighted by Gasteiger charge is 2.13. The van der Waals surface area contributed by atoms with Crippen LogP contribution < -0.4 is 15.4 Å². The number of anilines is 2. The molecule has 0 radical (unpaired) electrons. The van der Waals surface area contributed by atoms with Gasteiger partial charge in [0.2, 0.25) is 0 Å². The highest BCUT2D eigenvalue weighted by atomic mass is 16.5. The number of rotatable bonds is 7. The average Bonchev–Trinajstić information content (AvgIpc) is 2.74. The molecule has 2 aromatic carbocycles. The van der Waals surface area contributed by atoms with E-state index >= 15 is 0 Å². The summed E-state index contributed by atoms with van der Waals surface area (Å²) in [6.07, 6.45) is 0.740. The number of nitrogens with zero attached hydrogens (tertiary/aromatic N) is 3. The van der Waals surface area contributed by atoms with Gasteiger partial charge in [-0.05, 0) is 37.1 Å². The number of benzene rings is 2. The van der Waals surface area contributed by atoms with Crippen LogP contribution in [0.4, 0.5) is 11.5 Å². The fourth-order valence-corrected chi connectivity index (χ4v) is 2.89. The molecule has 3 rings (SSSR count). The van der Waals surface area contributed by atoms with Crippen LogP contribution >= 0.6 is 0 Å². The van der Waals surface area contributed by atoms with Crippen molar-refractivity contribution < 1.29 is 9.53 Å². The minimum Gasteiger partial charge on any atom is -0.496 e. The van der Waals surface area contributed by atoms with Crippen molar-refractivity contribution in [2.45, 2.75) is 13.3 Å². The first-order valence-electron chi connectivity index (χ1n) is 9.12. The predicted octanol–water partition coefficient (Wildman–Crippen LogP) is 3.57. The van der Waals surface area contributed by atoms with Crippen LogP contribution in [0.25, 0.3) is 0 Å². The van der Waals surface area contributed by atoms with Crippen LogP contribution in [0.2, 0.25) is 0 Å². The van der Waals surface area contributed by atoms with E-state index in [1.165, 1.54) is 0 Å². The van der Waals surface area contributed by atoms with E-state index in [1.54, 1.807) is 44.4 Å². The first kappa shape index (κ1) is 19.8. The summed E-state index contributed by atoms with van der Waals surface area (Å²) in [6, 6.07) is 18.3. The summed E-state index contributed by atoms with van der Waals surface area (Å²) in [5.74, 6) is 1.48. The Labute approximate surface area is 169 Å². The molecule has 7 nitrogen and oxygen atoms in total. The SMILES string of the molecule is COc1ccccc1CCNc1cc(C(=O)Nc2ccccc2C#N)nc(C)n1. The van der Waals surface area contributed by atoms with Crippen molar-refractivity contribution in [2.75, 3.05) is 24.3 Å². The largest absolute Gasteiger partial charge is 0.496 e. The first-order chi connectivity index (χ1) is 14.1. The smallest absolute Gasteiger partial charge is 0.274 e. The van der Waals surface area contributed by atoms with E-state index in [-0.39, 0.29) is 5.69 Å². The lowest BCUT2D eigenvalue weighted by Crippen LogP contribution is -2.17. The number of aromatic nitrogens is 2. The van der Waals surface area contributed by atoms with Gasteiger partial charge in [-0.3, -0.25) is 4.79 Å². The molecular weight excluding hydrogens is 366 g/mol. The Kier molecular flexibility index (Phi) is 6.38. The van der Waals surface area contributed by atoms with Gasteiger partial charge < -0.3 is 15.4 Å². The van der Waals surface area contributed by atoms with E-state index in [9.17, 15) is 10.1 Å². The second-order valence-corrected chi connectivity index (χ2v) is 6.29. The van der Waals surface area contributed by atoms with Crippen LogP contribution in [0.5, 0.6) is 5.75 Å². The van der Waals surface area contributed by atoms with Gasteiger partial charge in [0.1, 0.15) is 29.2 Å². The molecule has 0 fully saturated rings. The number of ether oxygens (including phenoxy) is 1. The van der Waals surface area contributed by atoms with E-state index in [4.69, 9.17) is 4.74 Å². The van der Waals surface area contributed by atoms with Crippen LogP contribution in [-0.2, 0) is 6.42 Å². The first-order valence-corrected chi connectivity index (χ1v) is 9.12. The van der Waals surface area contributed by atoms with E-state index in [1.807, 2.05) is 24.3 Å². The Hall–Kier alpha value is -3.92. The minimum absolute atomic E-state index is 0.227. The van der Waals surface area contributed by atoms with Crippen LogP contribution in [0.1, 0.15) is 27.4 Å². The number of amides is 1. The molecule has 0 saturated heterocycles. The molecule has 0 bridgehead atoms. The predicted molar refractivity (Wildman–Crippen MR) is 111 cm³/mol. The molecule has 1 heterocycles. The second kappa shape index (κ2) is 9.33. The van der Waals surface area contributed by atoms with Crippen molar-refractivity contribution in [1.29, 1.82) is 5.26 Å². The van der Waals surface area contributed by atoms with Gasteiger partial charge in [0.25, 0.3) is 5.91 Å². The molecule has 0 aliphatic heterocycles. The van der Waals surface area contributed by atoms with Gasteiger partial charge in [0.05, 0.1) is 18.4 Å². The summed E-state index contributed by atoms with van der Waals surface area (Å²) >= 11 is 0. The van der Waals surface area contributed by atoms with Gasteiger partial charge in [-0.1, -0.05) is 30.3 Å². The molecule has 0 spiro atoms. The maximum Gasteiger partial charge on any atom is 0.274 e. The van der Waals surface area contributed by atoms with Gasteiger partial charge in [-0.2, -0.15) is 5.26 Å². The molecule has 0 aliphatic carbocycles. The monoisotopic (exact) mass is 387 g/mol. The molecule has 0 atom stereocenters. The lowest BCUT2D eigenvalue weighted by Gasteiger charge is -2.11. The average molecular weight is 387 g/mol. The maximum absolute atomic E-state index is 12.6. The molecular formula is C22H21N5O2. The molecule has 146 valence electrons. The summed E-state index contributed by atoms with van der Waals surface area (Å²) < 4.78 is 5.36. The van der Waals surface area contributed by atoms with Crippen molar-refractivity contribution in [3.63, 3.8) is 0 Å². The van der Waals surface area contributed by atoms with Crippen molar-refractivity contribution in [3.8, 4) is 11.8 Å². The number of hydrogen-bond donors (Lipinski definition) is 2. The van der Waals surface area contributed by atoms with Crippen molar-refractivity contribution in [1.82, 2.24) is 9.97 Å². The number of aryl methyl sites for hydroxylation is 1. The molecule has 0 aliphatic rings. The summed E-state index contributed by atoms with van der Waals surface area (Å²) in [5.41, 5.74) is 2.15. The van der Waals surface area contributed by atoms with Gasteiger partial charge in [0.15, 0.2) is 0 Å². The summed E-state index contributed by atoms with van der Waals surface area (Å²) in [6.45, 7) is 2.35. The molecule has 2 N–H and O–H groups in total. The van der Waals surface area contributed by atoms with E-state index in [0.717, 1.165) is 17.7 Å². The van der Waals surface area contributed by atoms with Crippen LogP contribution in [-0.4, -0.2) is 29.5 Å². The molecule has 0 saturated carbocycles. The molecule has 7 heteroatoms. The zero-order chi connectivity index (χ0) is 20.6. The normalized spacial score (nSPS) is 10.1. The van der Waals surface area contributed by atoms with Crippen molar-refractivity contribution in [2.24, 2.45) is 0 Å². The van der Waals surface area contributed by atoms with E-state index in [2.05, 4.69) is 26.7 Å². The molecule has 1 amide bonds. The topological polar surface area (TPSA) is 99.9 Å². The Morgan fingerprint density at radius 3 is 2.69 bits per heavy atom. The van der Waals surface area contributed by atoms with E-state index in [0.29, 0.717) is 29.4 Å². The van der Waals surface area contributed by atoms with Crippen LogP contribution in [0.3, 0.4) is 0 Å². The second-order valence-electron chi connectivity index (χ2n) is 6.29. The fraction of sp³-hybridized carbons (Fsp3) is 0.182. The lowest BCUT2D eigenvalue weighted by molar-refractivity contribution is 0.102. The lowest BCUT2D eigenvalue weighted by atomic mass is 10.1. The zero-order valence-corrected chi connectivity index (χ0v) is 16.3. The quantitative estimate of drug-likeness (QED) is 0.643. The summed E-state index contributed by atoms with van der Waals surface area (Å²) in [4.78, 5) is 21.2. The number of carbonyl (C=O) groups excluding carboxylic acids is 1. The molecule has 1 aromatic heterocycles. The Bertz CT molecular complexity index is 1060. The van der Waals surface area contributed by atoms with Gasteiger partial charge in [-0.25, -0.2) is 9.97 Å². The number of nitrogens with one attached hydrogen (secondary N) is 2. The molecule has 0 unspecified atom stereocenters. The third-order valence-electron chi connectivity index (χ3n) is 4.26. The van der Waals surface area contributed by atoms with Gasteiger partial charge in [-0.15, -0.1) is 0 Å². The third-order valence-corrected chi connectivity index (χ3v) is 4.26. The number of hydrogen-bond acceptors (Lipinski definition) is 6. The van der Waals surface area contributed by atoms with Gasteiger partial charge in [0, 0.05) is 12.6 Å². The molecule has 3 aromatic rings. The highest BCUT2D eigenvalue weighted by molar-refractivity contribution is 6.03. The number of nitriles is 1.